The van der Waals surface area contributed by atoms with E-state index in [0.29, 0.717) is 18.4 Å². The number of nitrogens with zero attached hydrogens (tertiary/aromatic N) is 1. The van der Waals surface area contributed by atoms with Crippen molar-refractivity contribution in [3.63, 3.8) is 0 Å². The maximum Gasteiger partial charge on any atom is 0.220 e. The first-order valence-electron chi connectivity index (χ1n) is 8.37. The summed E-state index contributed by atoms with van der Waals surface area (Å²) in [5.74, 6) is 0.718. The van der Waals surface area contributed by atoms with Crippen molar-refractivity contribution in [3.8, 4) is 0 Å². The average Bonchev–Trinajstić information content (AvgIpc) is 2.92. The number of hydrogen-bond donors (Lipinski definition) is 2. The van der Waals surface area contributed by atoms with E-state index in [9.17, 15) is 4.79 Å². The molecule has 0 bridgehead atoms. The van der Waals surface area contributed by atoms with E-state index in [4.69, 9.17) is 5.73 Å². The Morgan fingerprint density at radius 3 is 2.65 bits per heavy atom. The fraction of sp³-hybridized carbons (Fsp3) is 0.938. The molecule has 2 rings (SSSR count). The Balaban J connectivity index is 1.57. The molecule has 0 aromatic rings. The Kier molecular flexibility index (Phi) is 6.30. The van der Waals surface area contributed by atoms with Gasteiger partial charge in [0.2, 0.25) is 5.91 Å². The number of nitrogens with two attached hydrogens (primary N) is 1. The molecule has 2 unspecified atom stereocenters. The molecular weight excluding hydrogens is 250 g/mol. The third kappa shape index (κ3) is 5.06. The van der Waals surface area contributed by atoms with Gasteiger partial charge in [-0.25, -0.2) is 0 Å². The fourth-order valence-electron chi connectivity index (χ4n) is 3.75. The van der Waals surface area contributed by atoms with Crippen molar-refractivity contribution in [2.45, 2.75) is 69.9 Å². The number of carbonyl (C=O) groups excluding carboxylic acids is 1. The Labute approximate surface area is 123 Å². The van der Waals surface area contributed by atoms with E-state index in [-0.39, 0.29) is 5.91 Å². The number of amides is 1. The SMILES string of the molecule is CN(CCNC(=O)CC1CCCC(N)C1)C1CCCC1. The van der Waals surface area contributed by atoms with Crippen LogP contribution in [0.1, 0.15) is 57.8 Å². The van der Waals surface area contributed by atoms with Crippen LogP contribution in [0.3, 0.4) is 0 Å². The van der Waals surface area contributed by atoms with Crippen LogP contribution in [0.5, 0.6) is 0 Å². The van der Waals surface area contributed by atoms with Crippen LogP contribution in [0.4, 0.5) is 0 Å². The van der Waals surface area contributed by atoms with Gasteiger partial charge in [-0.15, -0.1) is 0 Å². The summed E-state index contributed by atoms with van der Waals surface area (Å²) in [5.41, 5.74) is 5.97. The average molecular weight is 281 g/mol. The zero-order valence-corrected chi connectivity index (χ0v) is 12.9. The van der Waals surface area contributed by atoms with Gasteiger partial charge in [0.15, 0.2) is 0 Å². The lowest BCUT2D eigenvalue weighted by Crippen LogP contribution is -2.38. The Bertz CT molecular complexity index is 302. The number of carbonyl (C=O) groups is 1. The molecule has 116 valence electrons. The minimum absolute atomic E-state index is 0.212. The highest BCUT2D eigenvalue weighted by molar-refractivity contribution is 5.76. The molecule has 0 heterocycles. The van der Waals surface area contributed by atoms with E-state index >= 15 is 0 Å². The zero-order chi connectivity index (χ0) is 14.4. The molecule has 3 N–H and O–H groups in total. The largest absolute Gasteiger partial charge is 0.355 e. The topological polar surface area (TPSA) is 58.4 Å². The van der Waals surface area contributed by atoms with Gasteiger partial charge in [0.25, 0.3) is 0 Å². The monoisotopic (exact) mass is 281 g/mol. The van der Waals surface area contributed by atoms with E-state index in [1.807, 2.05) is 0 Å². The van der Waals surface area contributed by atoms with Crippen molar-refractivity contribution in [3.05, 3.63) is 0 Å². The second kappa shape index (κ2) is 7.99. The molecule has 4 nitrogen and oxygen atoms in total. The molecule has 1 amide bonds. The van der Waals surface area contributed by atoms with E-state index in [0.717, 1.165) is 32.0 Å². The maximum absolute atomic E-state index is 12.0. The maximum atomic E-state index is 12.0. The van der Waals surface area contributed by atoms with Crippen molar-refractivity contribution in [2.75, 3.05) is 20.1 Å². The van der Waals surface area contributed by atoms with Crippen LogP contribution < -0.4 is 11.1 Å². The smallest absolute Gasteiger partial charge is 0.220 e. The summed E-state index contributed by atoms with van der Waals surface area (Å²) in [5, 5.41) is 3.08. The Hall–Kier alpha value is -0.610. The summed E-state index contributed by atoms with van der Waals surface area (Å²) in [7, 11) is 2.18. The van der Waals surface area contributed by atoms with Gasteiger partial charge in [0, 0.05) is 31.6 Å². The highest BCUT2D eigenvalue weighted by Gasteiger charge is 2.22. The lowest BCUT2D eigenvalue weighted by molar-refractivity contribution is -0.122. The Morgan fingerprint density at radius 2 is 1.95 bits per heavy atom. The summed E-state index contributed by atoms with van der Waals surface area (Å²) >= 11 is 0. The summed E-state index contributed by atoms with van der Waals surface area (Å²) in [6.07, 6.45) is 10.6. The molecule has 0 spiro atoms. The van der Waals surface area contributed by atoms with Crippen molar-refractivity contribution < 1.29 is 4.79 Å². The van der Waals surface area contributed by atoms with Gasteiger partial charge >= 0.3 is 0 Å². The summed E-state index contributed by atoms with van der Waals surface area (Å²) < 4.78 is 0. The quantitative estimate of drug-likeness (QED) is 0.781. The molecule has 0 aliphatic heterocycles. The Morgan fingerprint density at radius 1 is 1.20 bits per heavy atom. The lowest BCUT2D eigenvalue weighted by Gasteiger charge is -2.26. The van der Waals surface area contributed by atoms with E-state index in [1.54, 1.807) is 0 Å². The van der Waals surface area contributed by atoms with Crippen molar-refractivity contribution in [1.82, 2.24) is 10.2 Å². The summed E-state index contributed by atoms with van der Waals surface area (Å²) in [6, 6.07) is 1.05. The van der Waals surface area contributed by atoms with Crippen LogP contribution in [0.2, 0.25) is 0 Å². The summed E-state index contributed by atoms with van der Waals surface area (Å²) in [6.45, 7) is 1.76. The first-order chi connectivity index (χ1) is 9.65. The first-order valence-corrected chi connectivity index (χ1v) is 8.37. The second-order valence-electron chi connectivity index (χ2n) is 6.77. The molecular formula is C16H31N3O. The molecule has 2 saturated carbocycles. The highest BCUT2D eigenvalue weighted by atomic mass is 16.1. The van der Waals surface area contributed by atoms with E-state index < -0.39 is 0 Å². The van der Waals surface area contributed by atoms with Gasteiger partial charge in [-0.05, 0) is 45.1 Å². The molecule has 0 radical (unpaired) electrons. The summed E-state index contributed by atoms with van der Waals surface area (Å²) in [4.78, 5) is 14.4. The third-order valence-corrected chi connectivity index (χ3v) is 5.03. The standard InChI is InChI=1S/C16H31N3O/c1-19(15-7-2-3-8-15)10-9-18-16(20)12-13-5-4-6-14(17)11-13/h13-15H,2-12,17H2,1H3,(H,18,20). The lowest BCUT2D eigenvalue weighted by atomic mass is 9.84. The predicted octanol–water partition coefficient (Wildman–Crippen LogP) is 1.88. The third-order valence-electron chi connectivity index (χ3n) is 5.03. The van der Waals surface area contributed by atoms with Gasteiger partial charge < -0.3 is 16.0 Å². The molecule has 0 saturated heterocycles. The zero-order valence-electron chi connectivity index (χ0n) is 12.9. The molecule has 0 aromatic carbocycles. The van der Waals surface area contributed by atoms with Crippen molar-refractivity contribution in [2.24, 2.45) is 11.7 Å². The van der Waals surface area contributed by atoms with Gasteiger partial charge in [-0.1, -0.05) is 19.3 Å². The normalized spacial score (nSPS) is 27.9. The minimum Gasteiger partial charge on any atom is -0.355 e. The van der Waals surface area contributed by atoms with E-state index in [2.05, 4.69) is 17.3 Å². The van der Waals surface area contributed by atoms with Gasteiger partial charge in [-0.3, -0.25) is 4.79 Å². The number of rotatable bonds is 6. The highest BCUT2D eigenvalue weighted by Crippen LogP contribution is 2.25. The predicted molar refractivity (Wildman–Crippen MR) is 82.4 cm³/mol. The van der Waals surface area contributed by atoms with Gasteiger partial charge in [0.1, 0.15) is 0 Å². The first kappa shape index (κ1) is 15.8. The molecule has 2 aliphatic rings. The van der Waals surface area contributed by atoms with Crippen molar-refractivity contribution >= 4 is 5.91 Å². The van der Waals surface area contributed by atoms with Crippen molar-refractivity contribution in [1.29, 1.82) is 0 Å². The molecule has 0 aromatic heterocycles. The molecule has 2 fully saturated rings. The number of nitrogens with one attached hydrogen (secondary N) is 1. The minimum atomic E-state index is 0.212. The van der Waals surface area contributed by atoms with Crippen LogP contribution in [-0.2, 0) is 4.79 Å². The van der Waals surface area contributed by atoms with Crippen LogP contribution in [-0.4, -0.2) is 43.0 Å². The van der Waals surface area contributed by atoms with Gasteiger partial charge in [0.05, 0.1) is 0 Å². The molecule has 20 heavy (non-hydrogen) atoms. The fourth-order valence-corrected chi connectivity index (χ4v) is 3.75. The molecule has 2 atom stereocenters. The van der Waals surface area contributed by atoms with Crippen LogP contribution in [0.15, 0.2) is 0 Å². The molecule has 2 aliphatic carbocycles. The second-order valence-corrected chi connectivity index (χ2v) is 6.77. The number of hydrogen-bond acceptors (Lipinski definition) is 3. The van der Waals surface area contributed by atoms with Crippen LogP contribution >= 0.6 is 0 Å². The van der Waals surface area contributed by atoms with Crippen LogP contribution in [0.25, 0.3) is 0 Å². The van der Waals surface area contributed by atoms with Crippen LogP contribution in [0, 0.1) is 5.92 Å². The molecule has 4 heteroatoms. The van der Waals surface area contributed by atoms with Gasteiger partial charge in [-0.2, -0.15) is 0 Å². The number of likely N-dealkylation sites (N-methyl/N-ethyl adjacent to an activating group) is 1. The van der Waals surface area contributed by atoms with E-state index in [1.165, 1.54) is 38.5 Å².